The van der Waals surface area contributed by atoms with E-state index in [1.165, 1.54) is 16.2 Å². The second kappa shape index (κ2) is 9.40. The first-order valence-electron chi connectivity index (χ1n) is 12.4. The number of aliphatic hydroxyl groups is 1. The number of nitrogens with zero attached hydrogens (tertiary/aromatic N) is 2. The first-order chi connectivity index (χ1) is 18.0. The molecule has 5 rings (SSSR count). The number of thiazole rings is 1. The monoisotopic (exact) mass is 526 g/mol. The summed E-state index contributed by atoms with van der Waals surface area (Å²) in [5.41, 5.74) is 4.83. The Hall–Kier alpha value is -3.97. The lowest BCUT2D eigenvalue weighted by molar-refractivity contribution is -0.132. The topological polar surface area (TPSA) is 79.7 Å². The van der Waals surface area contributed by atoms with Crippen LogP contribution in [0.3, 0.4) is 0 Å². The minimum atomic E-state index is -0.827. The molecule has 38 heavy (non-hydrogen) atoms. The third-order valence-electron chi connectivity index (χ3n) is 6.98. The lowest BCUT2D eigenvalue weighted by Gasteiger charge is -2.25. The number of hydrogen-bond acceptors (Lipinski definition) is 6. The van der Waals surface area contributed by atoms with Gasteiger partial charge in [0.2, 0.25) is 0 Å². The van der Waals surface area contributed by atoms with Gasteiger partial charge in [0.05, 0.1) is 28.9 Å². The van der Waals surface area contributed by atoms with Gasteiger partial charge in [0.1, 0.15) is 11.5 Å². The zero-order valence-corrected chi connectivity index (χ0v) is 23.1. The molecule has 2 heterocycles. The van der Waals surface area contributed by atoms with Gasteiger partial charge in [-0.25, -0.2) is 4.98 Å². The van der Waals surface area contributed by atoms with Crippen LogP contribution in [0.2, 0.25) is 0 Å². The highest BCUT2D eigenvalue weighted by Gasteiger charge is 2.48. The van der Waals surface area contributed by atoms with Gasteiger partial charge in [-0.15, -0.1) is 0 Å². The zero-order chi connectivity index (χ0) is 27.4. The van der Waals surface area contributed by atoms with Crippen molar-refractivity contribution in [3.63, 3.8) is 0 Å². The predicted molar refractivity (Wildman–Crippen MR) is 152 cm³/mol. The number of hydrogen-bond donors (Lipinski definition) is 1. The molecule has 1 saturated heterocycles. The van der Waals surface area contributed by atoms with E-state index < -0.39 is 17.7 Å². The summed E-state index contributed by atoms with van der Waals surface area (Å²) in [5.74, 6) is -0.948. The molecule has 1 N–H and O–H groups in total. The van der Waals surface area contributed by atoms with E-state index in [0.29, 0.717) is 22.0 Å². The predicted octanol–water partition coefficient (Wildman–Crippen LogP) is 6.85. The molecule has 194 valence electrons. The minimum Gasteiger partial charge on any atom is -0.507 e. The number of carbonyl (C=O) groups excluding carboxylic acids is 2. The van der Waals surface area contributed by atoms with Crippen molar-refractivity contribution in [3.8, 4) is 5.75 Å². The molecule has 1 fully saturated rings. The van der Waals surface area contributed by atoms with Crippen LogP contribution in [0.15, 0.2) is 66.2 Å². The number of Topliss-reactive ketones (excluding diaryl/α,β-unsaturated/α-hetero) is 1. The molecule has 4 aromatic rings. The molecule has 1 aromatic heterocycles. The quantitative estimate of drug-likeness (QED) is 0.179. The van der Waals surface area contributed by atoms with Gasteiger partial charge in [0.25, 0.3) is 5.78 Å². The molecule has 0 radical (unpaired) electrons. The van der Waals surface area contributed by atoms with Crippen molar-refractivity contribution in [1.29, 1.82) is 0 Å². The van der Waals surface area contributed by atoms with E-state index in [1.54, 1.807) is 7.11 Å². The molecule has 1 amide bonds. The maximum absolute atomic E-state index is 13.6. The number of methoxy groups -OCH3 is 1. The van der Waals surface area contributed by atoms with Gasteiger partial charge < -0.3 is 9.84 Å². The number of aromatic nitrogens is 1. The fraction of sp³-hybridized carbons (Fsp3) is 0.258. The maximum atomic E-state index is 13.6. The van der Waals surface area contributed by atoms with E-state index in [2.05, 4.69) is 20.8 Å². The van der Waals surface area contributed by atoms with Crippen LogP contribution in [0, 0.1) is 13.8 Å². The summed E-state index contributed by atoms with van der Waals surface area (Å²) in [6, 6.07) is 18.2. The molecule has 3 aromatic carbocycles. The van der Waals surface area contributed by atoms with E-state index in [4.69, 9.17) is 9.72 Å². The Bertz CT molecular complexity index is 1610. The van der Waals surface area contributed by atoms with Crippen molar-refractivity contribution >= 4 is 44.1 Å². The smallest absolute Gasteiger partial charge is 0.301 e. The summed E-state index contributed by atoms with van der Waals surface area (Å²) in [6.45, 7) is 10.2. The standard InChI is InChI=1S/C31H30N2O4S/c1-17-7-8-18(2)22(15-17)27(34)25-26(19-9-11-20(12-10-19)31(3,4)5)33(29(36)28(25)35)30-32-23-14-13-21(37-6)16-24(23)38-30/h7-16,26,34H,1-6H3/b27-25+. The van der Waals surface area contributed by atoms with Crippen LogP contribution in [0.25, 0.3) is 16.0 Å². The second-order valence-corrected chi connectivity index (χ2v) is 11.7. The van der Waals surface area contributed by atoms with Crippen LogP contribution in [-0.2, 0) is 15.0 Å². The molecule has 0 saturated carbocycles. The highest BCUT2D eigenvalue weighted by molar-refractivity contribution is 7.22. The van der Waals surface area contributed by atoms with Crippen molar-refractivity contribution in [2.24, 2.45) is 0 Å². The van der Waals surface area contributed by atoms with Crippen molar-refractivity contribution in [2.45, 2.75) is 46.1 Å². The Balaban J connectivity index is 1.73. The Kier molecular flexibility index (Phi) is 6.35. The average Bonchev–Trinajstić information content (AvgIpc) is 3.42. The van der Waals surface area contributed by atoms with E-state index >= 15 is 0 Å². The normalized spacial score (nSPS) is 17.4. The Morgan fingerprint density at radius 3 is 2.37 bits per heavy atom. The number of anilines is 1. The Labute approximate surface area is 226 Å². The average molecular weight is 527 g/mol. The van der Waals surface area contributed by atoms with Gasteiger partial charge in [0, 0.05) is 5.56 Å². The number of ether oxygens (including phenoxy) is 1. The SMILES string of the molecule is COc1ccc2nc(N3C(=O)C(=O)/C(=C(/O)c4cc(C)ccc4C)C3c3ccc(C(C)(C)C)cc3)sc2c1. The fourth-order valence-electron chi connectivity index (χ4n) is 4.77. The summed E-state index contributed by atoms with van der Waals surface area (Å²) >= 11 is 1.31. The van der Waals surface area contributed by atoms with Crippen LogP contribution in [-0.4, -0.2) is 28.9 Å². The van der Waals surface area contributed by atoms with Crippen LogP contribution >= 0.6 is 11.3 Å². The summed E-state index contributed by atoms with van der Waals surface area (Å²) in [6.07, 6.45) is 0. The number of ketones is 1. The van der Waals surface area contributed by atoms with E-state index in [1.807, 2.05) is 74.5 Å². The van der Waals surface area contributed by atoms with Crippen LogP contribution < -0.4 is 9.64 Å². The molecule has 1 aliphatic heterocycles. The number of aliphatic hydroxyl groups excluding tert-OH is 1. The second-order valence-electron chi connectivity index (χ2n) is 10.7. The molecular formula is C31H30N2O4S. The van der Waals surface area contributed by atoms with Crippen LogP contribution in [0.1, 0.15) is 54.6 Å². The number of aryl methyl sites for hydroxylation is 2. The van der Waals surface area contributed by atoms with Crippen molar-refractivity contribution in [3.05, 3.63) is 94.1 Å². The largest absolute Gasteiger partial charge is 0.507 e. The fourth-order valence-corrected chi connectivity index (χ4v) is 5.79. The maximum Gasteiger partial charge on any atom is 0.301 e. The zero-order valence-electron chi connectivity index (χ0n) is 22.3. The third kappa shape index (κ3) is 4.37. The van der Waals surface area contributed by atoms with Gasteiger partial charge in [-0.2, -0.15) is 0 Å². The molecule has 1 unspecified atom stereocenters. The summed E-state index contributed by atoms with van der Waals surface area (Å²) in [7, 11) is 1.59. The van der Waals surface area contributed by atoms with Crippen molar-refractivity contribution in [1.82, 2.24) is 4.98 Å². The van der Waals surface area contributed by atoms with Gasteiger partial charge in [0.15, 0.2) is 5.13 Å². The van der Waals surface area contributed by atoms with Gasteiger partial charge >= 0.3 is 5.91 Å². The molecule has 6 nitrogen and oxygen atoms in total. The number of fused-ring (bicyclic) bond motifs is 1. The van der Waals surface area contributed by atoms with Gasteiger partial charge in [-0.05, 0) is 60.2 Å². The highest BCUT2D eigenvalue weighted by atomic mass is 32.1. The Morgan fingerprint density at radius 2 is 1.71 bits per heavy atom. The molecule has 1 aliphatic rings. The number of carbonyl (C=O) groups is 2. The third-order valence-corrected chi connectivity index (χ3v) is 7.99. The van der Waals surface area contributed by atoms with Crippen LogP contribution in [0.5, 0.6) is 5.75 Å². The number of amides is 1. The highest BCUT2D eigenvalue weighted by Crippen LogP contribution is 2.45. The summed E-state index contributed by atoms with van der Waals surface area (Å²) in [5, 5.41) is 11.9. The van der Waals surface area contributed by atoms with E-state index in [9.17, 15) is 14.7 Å². The van der Waals surface area contributed by atoms with Gasteiger partial charge in [-0.1, -0.05) is 74.1 Å². The first-order valence-corrected chi connectivity index (χ1v) is 13.2. The number of rotatable bonds is 4. The van der Waals surface area contributed by atoms with Crippen molar-refractivity contribution in [2.75, 3.05) is 12.0 Å². The number of benzene rings is 3. The van der Waals surface area contributed by atoms with Crippen LogP contribution in [0.4, 0.5) is 5.13 Å². The summed E-state index contributed by atoms with van der Waals surface area (Å²) < 4.78 is 6.18. The summed E-state index contributed by atoms with van der Waals surface area (Å²) in [4.78, 5) is 33.3. The minimum absolute atomic E-state index is 0.0593. The lowest BCUT2D eigenvalue weighted by Crippen LogP contribution is -2.29. The lowest BCUT2D eigenvalue weighted by atomic mass is 9.85. The van der Waals surface area contributed by atoms with E-state index in [0.717, 1.165) is 27.0 Å². The van der Waals surface area contributed by atoms with Gasteiger partial charge in [-0.3, -0.25) is 14.5 Å². The Morgan fingerprint density at radius 1 is 1.00 bits per heavy atom. The molecule has 0 spiro atoms. The molecule has 1 atom stereocenters. The molecular weight excluding hydrogens is 496 g/mol. The molecule has 0 bridgehead atoms. The molecule has 7 heteroatoms. The first kappa shape index (κ1) is 25.7. The molecule has 0 aliphatic carbocycles. The van der Waals surface area contributed by atoms with E-state index in [-0.39, 0.29) is 16.7 Å². The van der Waals surface area contributed by atoms with Crippen molar-refractivity contribution < 1.29 is 19.4 Å².